The first-order valence-electron chi connectivity index (χ1n) is 10.8. The number of amidine groups is 1. The van der Waals surface area contributed by atoms with Crippen molar-refractivity contribution in [2.75, 3.05) is 12.8 Å². The smallest absolute Gasteiger partial charge is 0.188 e. The number of nitrogens with zero attached hydrogens (tertiary/aromatic N) is 3. The molecule has 1 aliphatic rings. The maximum atomic E-state index is 9.04. The molecule has 0 amide bonds. The number of thiophene rings is 1. The number of allylic oxidation sites excluding steroid dienone is 4. The van der Waals surface area contributed by atoms with Crippen LogP contribution in [0.1, 0.15) is 41.3 Å². The molecule has 1 heterocycles. The highest BCUT2D eigenvalue weighted by Crippen LogP contribution is 2.34. The average molecular weight is 463 g/mol. The molecule has 1 aromatic carbocycles. The molecule has 0 saturated heterocycles. The van der Waals surface area contributed by atoms with Crippen molar-refractivity contribution in [3.63, 3.8) is 0 Å². The zero-order valence-electron chi connectivity index (χ0n) is 19.0. The molecule has 1 N–H and O–H groups in total. The predicted molar refractivity (Wildman–Crippen MR) is 140 cm³/mol. The van der Waals surface area contributed by atoms with Gasteiger partial charge in [-0.25, -0.2) is 9.98 Å². The fraction of sp³-hybridized carbons (Fsp3) is 0.346. The molecule has 1 aliphatic carbocycles. The van der Waals surface area contributed by atoms with Crippen molar-refractivity contribution in [3.05, 3.63) is 75.7 Å². The molecular formula is C26H30N4S2. The van der Waals surface area contributed by atoms with E-state index >= 15 is 0 Å². The van der Waals surface area contributed by atoms with Crippen LogP contribution < -0.4 is 5.32 Å². The second kappa shape index (κ2) is 11.4. The van der Waals surface area contributed by atoms with Gasteiger partial charge in [0.05, 0.1) is 6.07 Å². The topological polar surface area (TPSA) is 60.5 Å². The van der Waals surface area contributed by atoms with E-state index in [4.69, 9.17) is 5.26 Å². The average Bonchev–Trinajstić information content (AvgIpc) is 3.16. The van der Waals surface area contributed by atoms with Crippen LogP contribution in [0.2, 0.25) is 0 Å². The summed E-state index contributed by atoms with van der Waals surface area (Å²) in [6, 6.07) is 13.3. The van der Waals surface area contributed by atoms with Crippen LogP contribution in [0.25, 0.3) is 0 Å². The number of rotatable bonds is 8. The maximum absolute atomic E-state index is 9.04. The third kappa shape index (κ3) is 6.29. The minimum absolute atomic E-state index is 0.0312. The number of aliphatic imine (C=N–C) groups is 2. The second-order valence-corrected chi connectivity index (χ2v) is 10.2. The fourth-order valence-electron chi connectivity index (χ4n) is 3.73. The van der Waals surface area contributed by atoms with Gasteiger partial charge in [0.25, 0.3) is 0 Å². The Kier molecular flexibility index (Phi) is 8.63. The lowest BCUT2D eigenvalue weighted by atomic mass is 9.76. The summed E-state index contributed by atoms with van der Waals surface area (Å²) in [5, 5.41) is 14.3. The van der Waals surface area contributed by atoms with E-state index in [0.717, 1.165) is 42.9 Å². The van der Waals surface area contributed by atoms with Gasteiger partial charge in [-0.15, -0.1) is 11.3 Å². The Morgan fingerprint density at radius 2 is 2.12 bits per heavy atom. The van der Waals surface area contributed by atoms with Crippen molar-refractivity contribution in [1.82, 2.24) is 5.32 Å². The lowest BCUT2D eigenvalue weighted by Gasteiger charge is -2.28. The molecule has 0 spiro atoms. The minimum atomic E-state index is -0.0312. The lowest BCUT2D eigenvalue weighted by Crippen LogP contribution is -2.20. The molecule has 0 aliphatic heterocycles. The van der Waals surface area contributed by atoms with Crippen LogP contribution in [0.3, 0.4) is 0 Å². The van der Waals surface area contributed by atoms with Crippen LogP contribution in [-0.4, -0.2) is 24.7 Å². The highest BCUT2D eigenvalue weighted by atomic mass is 32.2. The van der Waals surface area contributed by atoms with Crippen LogP contribution in [0.5, 0.6) is 0 Å². The molecular weight excluding hydrogens is 432 g/mol. The Hall–Kier alpha value is -2.46. The Balaban J connectivity index is 1.48. The molecule has 32 heavy (non-hydrogen) atoms. The molecule has 2 aromatic rings. The molecule has 1 aromatic heterocycles. The van der Waals surface area contributed by atoms with Gasteiger partial charge in [0.2, 0.25) is 0 Å². The predicted octanol–water partition coefficient (Wildman–Crippen LogP) is 6.50. The molecule has 1 atom stereocenters. The summed E-state index contributed by atoms with van der Waals surface area (Å²) in [7, 11) is 0. The van der Waals surface area contributed by atoms with Crippen molar-refractivity contribution >= 4 is 40.0 Å². The van der Waals surface area contributed by atoms with Gasteiger partial charge in [0.15, 0.2) is 5.17 Å². The molecule has 4 nitrogen and oxygen atoms in total. The first kappa shape index (κ1) is 24.2. The molecule has 6 heteroatoms. The van der Waals surface area contributed by atoms with E-state index in [1.54, 1.807) is 11.3 Å². The number of nitriles is 1. The Morgan fingerprint density at radius 3 is 2.75 bits per heavy atom. The van der Waals surface area contributed by atoms with E-state index in [0.29, 0.717) is 5.17 Å². The number of benzene rings is 1. The maximum Gasteiger partial charge on any atom is 0.188 e. The number of thioether (sulfide) groups is 1. The minimum Gasteiger partial charge on any atom is -0.313 e. The molecule has 166 valence electrons. The summed E-state index contributed by atoms with van der Waals surface area (Å²) < 4.78 is 0. The zero-order chi connectivity index (χ0) is 23.0. The Morgan fingerprint density at radius 1 is 1.34 bits per heavy atom. The molecule has 0 saturated carbocycles. The van der Waals surface area contributed by atoms with Crippen molar-refractivity contribution in [2.45, 2.75) is 45.1 Å². The van der Waals surface area contributed by atoms with Crippen LogP contribution >= 0.6 is 23.1 Å². The molecule has 1 unspecified atom stereocenters. The quantitative estimate of drug-likeness (QED) is 0.277. The SMILES string of the molecule is C=N/C(=N\c1sc(C)cc1CNCCCc1ccc(C2(C)C=CC(C#N)=CC2)cc1)SC. The third-order valence-corrected chi connectivity index (χ3v) is 7.25. The van der Waals surface area contributed by atoms with Gasteiger partial charge in [0, 0.05) is 28.0 Å². The van der Waals surface area contributed by atoms with Crippen molar-refractivity contribution in [2.24, 2.45) is 9.98 Å². The monoisotopic (exact) mass is 462 g/mol. The summed E-state index contributed by atoms with van der Waals surface area (Å²) in [4.78, 5) is 9.86. The summed E-state index contributed by atoms with van der Waals surface area (Å²) in [5.74, 6) is 0. The van der Waals surface area contributed by atoms with Crippen LogP contribution in [0.15, 0.2) is 64.1 Å². The Bertz CT molecular complexity index is 1070. The van der Waals surface area contributed by atoms with Gasteiger partial charge in [-0.05, 0) is 69.0 Å². The third-order valence-electron chi connectivity index (χ3n) is 5.68. The van der Waals surface area contributed by atoms with E-state index in [2.05, 4.69) is 78.3 Å². The number of nitrogens with one attached hydrogen (secondary N) is 1. The van der Waals surface area contributed by atoms with Crippen molar-refractivity contribution in [3.8, 4) is 6.07 Å². The van der Waals surface area contributed by atoms with Crippen LogP contribution in [-0.2, 0) is 18.4 Å². The normalized spacial score (nSPS) is 18.3. The lowest BCUT2D eigenvalue weighted by molar-refractivity contribution is 0.597. The molecule has 3 rings (SSSR count). The van der Waals surface area contributed by atoms with E-state index in [1.807, 2.05) is 18.4 Å². The standard InChI is InChI=1S/C26H30N4S2/c1-19-16-22(24(32-19)30-25(28-3)31-4)18-29-15-5-6-20-7-9-23(10-8-20)26(2)13-11-21(17-27)12-14-26/h7-13,16,29H,3,5-6,14-15,18H2,1-2,4H3/b30-25+. The van der Waals surface area contributed by atoms with E-state index < -0.39 is 0 Å². The molecule has 0 bridgehead atoms. The van der Waals surface area contributed by atoms with Gasteiger partial charge in [-0.1, -0.05) is 55.1 Å². The highest BCUT2D eigenvalue weighted by molar-refractivity contribution is 8.13. The summed E-state index contributed by atoms with van der Waals surface area (Å²) >= 11 is 3.21. The Labute approximate surface area is 199 Å². The zero-order valence-corrected chi connectivity index (χ0v) is 20.7. The fourth-order valence-corrected chi connectivity index (χ4v) is 5.00. The van der Waals surface area contributed by atoms with E-state index in [-0.39, 0.29) is 5.41 Å². The van der Waals surface area contributed by atoms with Gasteiger partial charge >= 0.3 is 0 Å². The van der Waals surface area contributed by atoms with Gasteiger partial charge in [0.1, 0.15) is 5.00 Å². The molecule has 0 fully saturated rings. The van der Waals surface area contributed by atoms with E-state index in [9.17, 15) is 0 Å². The summed E-state index contributed by atoms with van der Waals surface area (Å²) in [5.41, 5.74) is 4.59. The van der Waals surface area contributed by atoms with Crippen molar-refractivity contribution < 1.29 is 0 Å². The summed E-state index contributed by atoms with van der Waals surface area (Å²) in [6.07, 6.45) is 11.1. The number of hydrogen-bond donors (Lipinski definition) is 1. The number of hydrogen-bond acceptors (Lipinski definition) is 5. The van der Waals surface area contributed by atoms with Crippen LogP contribution in [0.4, 0.5) is 5.00 Å². The summed E-state index contributed by atoms with van der Waals surface area (Å²) in [6.45, 7) is 9.69. The van der Waals surface area contributed by atoms with Crippen molar-refractivity contribution in [1.29, 1.82) is 5.26 Å². The first-order chi connectivity index (χ1) is 15.5. The van der Waals surface area contributed by atoms with E-state index in [1.165, 1.54) is 33.3 Å². The van der Waals surface area contributed by atoms with Gasteiger partial charge in [-0.2, -0.15) is 5.26 Å². The highest BCUT2D eigenvalue weighted by Gasteiger charge is 2.24. The second-order valence-electron chi connectivity index (χ2n) is 8.15. The largest absolute Gasteiger partial charge is 0.313 e. The molecule has 0 radical (unpaired) electrons. The van der Waals surface area contributed by atoms with Gasteiger partial charge < -0.3 is 5.32 Å². The van der Waals surface area contributed by atoms with Crippen LogP contribution in [0, 0.1) is 18.3 Å². The van der Waals surface area contributed by atoms with Gasteiger partial charge in [-0.3, -0.25) is 0 Å². The number of aryl methyl sites for hydroxylation is 2. The first-order valence-corrected chi connectivity index (χ1v) is 12.8.